The maximum absolute atomic E-state index is 12.8. The number of sulfone groups is 1. The van der Waals surface area contributed by atoms with Crippen LogP contribution in [0.5, 0.6) is 0 Å². The van der Waals surface area contributed by atoms with Crippen LogP contribution in [0, 0.1) is 11.3 Å². The van der Waals surface area contributed by atoms with Crippen molar-refractivity contribution in [2.24, 2.45) is 0 Å². The second-order valence-corrected chi connectivity index (χ2v) is 9.40. The van der Waals surface area contributed by atoms with Gasteiger partial charge in [-0.05, 0) is 58.4 Å². The van der Waals surface area contributed by atoms with Gasteiger partial charge in [0.1, 0.15) is 23.0 Å². The predicted molar refractivity (Wildman–Crippen MR) is 117 cm³/mol. The summed E-state index contributed by atoms with van der Waals surface area (Å²) in [5, 5.41) is 11.7. The van der Waals surface area contributed by atoms with Gasteiger partial charge in [0.2, 0.25) is 5.89 Å². The van der Waals surface area contributed by atoms with Gasteiger partial charge in [0.05, 0.1) is 10.5 Å². The van der Waals surface area contributed by atoms with E-state index in [0.717, 1.165) is 16.3 Å². The Morgan fingerprint density at radius 3 is 2.61 bits per heavy atom. The molecule has 0 aliphatic heterocycles. The van der Waals surface area contributed by atoms with E-state index >= 15 is 0 Å². The number of rotatable bonds is 4. The van der Waals surface area contributed by atoms with Crippen molar-refractivity contribution in [2.75, 3.05) is 11.6 Å². The van der Waals surface area contributed by atoms with Crippen LogP contribution in [0.1, 0.15) is 16.2 Å². The van der Waals surface area contributed by atoms with Crippen LogP contribution >= 0.6 is 15.9 Å². The Kier molecular flexibility index (Phi) is 5.31. The van der Waals surface area contributed by atoms with Crippen molar-refractivity contribution in [3.8, 4) is 17.5 Å². The Morgan fingerprint density at radius 2 is 1.90 bits per heavy atom. The van der Waals surface area contributed by atoms with Gasteiger partial charge in [-0.2, -0.15) is 5.26 Å². The fourth-order valence-corrected chi connectivity index (χ4v) is 4.18. The lowest BCUT2D eigenvalue weighted by Gasteiger charge is -2.08. The van der Waals surface area contributed by atoms with E-state index in [1.165, 1.54) is 12.1 Å². The largest absolute Gasteiger partial charge is 0.436 e. The summed E-state index contributed by atoms with van der Waals surface area (Å²) >= 11 is 3.46. The number of nitriles is 1. The van der Waals surface area contributed by atoms with E-state index in [-0.39, 0.29) is 16.3 Å². The molecule has 4 aromatic rings. The summed E-state index contributed by atoms with van der Waals surface area (Å²) in [7, 11) is -3.73. The molecular weight excluding hydrogens is 484 g/mol. The highest BCUT2D eigenvalue weighted by molar-refractivity contribution is 9.10. The number of carbonyl (C=O) groups excluding carboxylic acids is 1. The molecule has 1 N–H and O–H groups in total. The van der Waals surface area contributed by atoms with Gasteiger partial charge in [0.25, 0.3) is 5.91 Å². The van der Waals surface area contributed by atoms with Crippen LogP contribution in [-0.2, 0) is 9.84 Å². The lowest BCUT2D eigenvalue weighted by atomic mass is 10.2. The summed E-state index contributed by atoms with van der Waals surface area (Å²) in [6.45, 7) is 0. The minimum absolute atomic E-state index is 0.0671. The van der Waals surface area contributed by atoms with Crippen LogP contribution < -0.4 is 5.32 Å². The number of hydrogen-bond donors (Lipinski definition) is 1. The van der Waals surface area contributed by atoms with Crippen molar-refractivity contribution in [1.82, 2.24) is 9.97 Å². The van der Waals surface area contributed by atoms with Gasteiger partial charge in [-0.15, -0.1) is 0 Å². The first kappa shape index (κ1) is 20.7. The van der Waals surface area contributed by atoms with Gasteiger partial charge in [-0.3, -0.25) is 4.79 Å². The maximum atomic E-state index is 12.8. The first-order valence-corrected chi connectivity index (χ1v) is 11.5. The van der Waals surface area contributed by atoms with Crippen LogP contribution in [0.4, 0.5) is 5.69 Å². The Hall–Kier alpha value is -3.55. The number of pyridine rings is 1. The maximum Gasteiger partial charge on any atom is 0.275 e. The molecule has 1 amide bonds. The smallest absolute Gasteiger partial charge is 0.275 e. The van der Waals surface area contributed by atoms with E-state index in [2.05, 4.69) is 31.2 Å². The quantitative estimate of drug-likeness (QED) is 0.448. The van der Waals surface area contributed by atoms with Gasteiger partial charge in [0, 0.05) is 16.4 Å². The van der Waals surface area contributed by atoms with Gasteiger partial charge >= 0.3 is 0 Å². The van der Waals surface area contributed by atoms with Crippen molar-refractivity contribution in [1.29, 1.82) is 5.26 Å². The fourth-order valence-electron chi connectivity index (χ4n) is 2.92. The van der Waals surface area contributed by atoms with Gasteiger partial charge < -0.3 is 9.73 Å². The molecule has 10 heteroatoms. The molecule has 0 fully saturated rings. The summed E-state index contributed by atoms with van der Waals surface area (Å²) in [6, 6.07) is 16.6. The number of fused-ring (bicyclic) bond motifs is 1. The number of amides is 1. The molecule has 0 aliphatic carbocycles. The number of oxazole rings is 1. The van der Waals surface area contributed by atoms with E-state index in [4.69, 9.17) is 9.68 Å². The molecule has 154 valence electrons. The summed E-state index contributed by atoms with van der Waals surface area (Å²) < 4.78 is 30.7. The topological polar surface area (TPSA) is 126 Å². The third-order valence-electron chi connectivity index (χ3n) is 4.34. The molecule has 2 heterocycles. The average Bonchev–Trinajstić information content (AvgIpc) is 3.16. The highest BCUT2D eigenvalue weighted by Crippen LogP contribution is 2.31. The van der Waals surface area contributed by atoms with Crippen LogP contribution in [0.15, 0.2) is 68.4 Å². The van der Waals surface area contributed by atoms with Crippen LogP contribution in [0.2, 0.25) is 0 Å². The van der Waals surface area contributed by atoms with Crippen molar-refractivity contribution >= 4 is 48.5 Å². The highest BCUT2D eigenvalue weighted by atomic mass is 79.9. The lowest BCUT2D eigenvalue weighted by molar-refractivity contribution is 0.101. The molecule has 0 saturated carbocycles. The summed E-state index contributed by atoms with van der Waals surface area (Å²) in [6.07, 6.45) is 0.970. The van der Waals surface area contributed by atoms with E-state index in [1.807, 2.05) is 24.3 Å². The number of halogens is 1. The molecule has 0 spiro atoms. The Bertz CT molecular complexity index is 1490. The number of aromatic nitrogens is 2. The highest BCUT2D eigenvalue weighted by Gasteiger charge is 2.22. The standard InChI is InChI=1S/C21H13BrN4O4S/c1-31(28,29)18-9-7-13(11-23)24-19(18)20(27)25-12-6-8-17-16(10-12)26-21(30-17)14-4-2-3-5-15(14)22/h2-10H,1H3,(H,25,27). The molecule has 0 unspecified atom stereocenters. The van der Waals surface area contributed by atoms with E-state index in [9.17, 15) is 13.2 Å². The molecule has 0 atom stereocenters. The van der Waals surface area contributed by atoms with Gasteiger partial charge in [-0.1, -0.05) is 12.1 Å². The fraction of sp³-hybridized carbons (Fsp3) is 0.0476. The Morgan fingerprint density at radius 1 is 1.13 bits per heavy atom. The third kappa shape index (κ3) is 4.19. The van der Waals surface area contributed by atoms with E-state index < -0.39 is 15.7 Å². The first-order valence-electron chi connectivity index (χ1n) is 8.84. The predicted octanol–water partition coefficient (Wildman–Crippen LogP) is 4.18. The molecule has 0 radical (unpaired) electrons. The summed E-state index contributed by atoms with van der Waals surface area (Å²) in [4.78, 5) is 20.8. The number of hydrogen-bond acceptors (Lipinski definition) is 7. The molecule has 0 saturated heterocycles. The molecule has 2 aromatic heterocycles. The molecule has 0 bridgehead atoms. The van der Waals surface area contributed by atoms with Crippen LogP contribution in [0.25, 0.3) is 22.6 Å². The summed E-state index contributed by atoms with van der Waals surface area (Å²) in [5.74, 6) is -0.347. The second kappa shape index (κ2) is 7.94. The van der Waals surface area contributed by atoms with E-state index in [0.29, 0.717) is 22.7 Å². The van der Waals surface area contributed by atoms with Crippen molar-refractivity contribution in [2.45, 2.75) is 4.90 Å². The minimum Gasteiger partial charge on any atom is -0.436 e. The third-order valence-corrected chi connectivity index (χ3v) is 6.16. The zero-order valence-electron chi connectivity index (χ0n) is 16.0. The number of nitrogens with zero attached hydrogens (tertiary/aromatic N) is 3. The van der Waals surface area contributed by atoms with Crippen molar-refractivity contribution in [3.05, 3.63) is 70.5 Å². The normalized spacial score (nSPS) is 11.3. The molecular formula is C21H13BrN4O4S. The molecule has 4 rings (SSSR count). The Balaban J connectivity index is 1.69. The second-order valence-electron chi connectivity index (χ2n) is 6.56. The zero-order valence-corrected chi connectivity index (χ0v) is 18.4. The number of anilines is 1. The van der Waals surface area contributed by atoms with Crippen molar-refractivity contribution < 1.29 is 17.6 Å². The van der Waals surface area contributed by atoms with Crippen LogP contribution in [0.3, 0.4) is 0 Å². The number of benzene rings is 2. The SMILES string of the molecule is CS(=O)(=O)c1ccc(C#N)nc1C(=O)Nc1ccc2oc(-c3ccccc3Br)nc2c1. The van der Waals surface area contributed by atoms with Gasteiger partial charge in [-0.25, -0.2) is 18.4 Å². The lowest BCUT2D eigenvalue weighted by Crippen LogP contribution is -2.18. The molecule has 2 aromatic carbocycles. The first-order chi connectivity index (χ1) is 14.8. The van der Waals surface area contributed by atoms with Crippen LogP contribution in [-0.4, -0.2) is 30.5 Å². The molecule has 8 nitrogen and oxygen atoms in total. The molecule has 0 aliphatic rings. The van der Waals surface area contributed by atoms with E-state index in [1.54, 1.807) is 24.3 Å². The van der Waals surface area contributed by atoms with Gasteiger partial charge in [0.15, 0.2) is 15.4 Å². The zero-order chi connectivity index (χ0) is 22.2. The monoisotopic (exact) mass is 496 g/mol. The molecule has 31 heavy (non-hydrogen) atoms. The number of carbonyl (C=O) groups is 1. The number of nitrogens with one attached hydrogen (secondary N) is 1. The minimum atomic E-state index is -3.73. The average molecular weight is 497 g/mol. The summed E-state index contributed by atoms with van der Waals surface area (Å²) in [5.41, 5.74) is 1.75. The van der Waals surface area contributed by atoms with Crippen molar-refractivity contribution in [3.63, 3.8) is 0 Å². The Labute approximate surface area is 185 Å².